The summed E-state index contributed by atoms with van der Waals surface area (Å²) in [5.41, 5.74) is 0.232. The van der Waals surface area contributed by atoms with Crippen LogP contribution >= 0.6 is 23.2 Å². The first-order valence-corrected chi connectivity index (χ1v) is 8.29. The van der Waals surface area contributed by atoms with Crippen LogP contribution in [0.25, 0.3) is 0 Å². The number of nitrogens with zero attached hydrogens (tertiary/aromatic N) is 1. The summed E-state index contributed by atoms with van der Waals surface area (Å²) in [6.45, 7) is 0.725. The molecule has 2 fully saturated rings. The Hall–Kier alpha value is -1.30. The second-order valence-electron chi connectivity index (χ2n) is 6.01. The van der Waals surface area contributed by atoms with Crippen molar-refractivity contribution >= 4 is 35.1 Å². The van der Waals surface area contributed by atoms with E-state index in [2.05, 4.69) is 0 Å². The number of aliphatic carboxylic acids is 1. The lowest BCUT2D eigenvalue weighted by Gasteiger charge is -2.45. The van der Waals surface area contributed by atoms with Gasteiger partial charge in [-0.15, -0.1) is 0 Å². The van der Waals surface area contributed by atoms with Crippen LogP contribution in [0.1, 0.15) is 24.8 Å². The van der Waals surface area contributed by atoms with Gasteiger partial charge in [0.1, 0.15) is 0 Å². The number of rotatable bonds is 3. The molecule has 1 heterocycles. The summed E-state index contributed by atoms with van der Waals surface area (Å²) in [7, 11) is 0. The van der Waals surface area contributed by atoms with E-state index < -0.39 is 17.5 Å². The number of carbonyl (C=O) groups is 2. The molecule has 1 saturated carbocycles. The number of halogens is 2. The highest BCUT2D eigenvalue weighted by atomic mass is 35.5. The summed E-state index contributed by atoms with van der Waals surface area (Å²) in [6.07, 6.45) is 1.47. The van der Waals surface area contributed by atoms with Crippen LogP contribution < -0.4 is 0 Å². The largest absolute Gasteiger partial charge is 0.479 e. The molecule has 2 aliphatic rings. The molecule has 0 radical (unpaired) electrons. The van der Waals surface area contributed by atoms with Crippen LogP contribution in [-0.2, 0) is 19.7 Å². The summed E-state index contributed by atoms with van der Waals surface area (Å²) < 4.78 is 5.19. The van der Waals surface area contributed by atoms with E-state index in [1.807, 2.05) is 6.07 Å². The van der Waals surface area contributed by atoms with Crippen molar-refractivity contribution in [2.45, 2.75) is 30.8 Å². The van der Waals surface area contributed by atoms with Gasteiger partial charge in [-0.1, -0.05) is 35.7 Å². The molecule has 1 N–H and O–H groups in total. The first-order chi connectivity index (χ1) is 10.9. The number of carbonyl (C=O) groups excluding carboxylic acids is 1. The van der Waals surface area contributed by atoms with E-state index in [-0.39, 0.29) is 19.1 Å². The van der Waals surface area contributed by atoms with E-state index in [4.69, 9.17) is 33.0 Å². The van der Waals surface area contributed by atoms with Crippen molar-refractivity contribution in [2.75, 3.05) is 19.7 Å². The average molecular weight is 358 g/mol. The van der Waals surface area contributed by atoms with E-state index in [0.29, 0.717) is 16.6 Å². The van der Waals surface area contributed by atoms with E-state index in [1.165, 1.54) is 0 Å². The predicted octanol–water partition coefficient (Wildman–Crippen LogP) is 2.73. The van der Waals surface area contributed by atoms with Gasteiger partial charge in [0.05, 0.1) is 28.6 Å². The third kappa shape index (κ3) is 2.93. The molecular weight excluding hydrogens is 341 g/mol. The Kier molecular flexibility index (Phi) is 4.54. The fourth-order valence-electron chi connectivity index (χ4n) is 3.24. The molecule has 1 atom stereocenters. The van der Waals surface area contributed by atoms with E-state index >= 15 is 0 Å². The summed E-state index contributed by atoms with van der Waals surface area (Å²) in [5, 5.41) is 9.98. The summed E-state index contributed by atoms with van der Waals surface area (Å²) in [4.78, 5) is 25.8. The lowest BCUT2D eigenvalue weighted by molar-refractivity contribution is -0.162. The molecule has 1 aromatic rings. The van der Waals surface area contributed by atoms with Crippen molar-refractivity contribution in [1.82, 2.24) is 4.90 Å². The van der Waals surface area contributed by atoms with Crippen molar-refractivity contribution in [3.05, 3.63) is 33.8 Å². The Morgan fingerprint density at radius 2 is 2.00 bits per heavy atom. The minimum atomic E-state index is -1.04. The number of ether oxygens (including phenoxy) is 1. The molecule has 0 spiro atoms. The lowest BCUT2D eigenvalue weighted by Crippen LogP contribution is -2.56. The molecule has 0 bridgehead atoms. The third-order valence-electron chi connectivity index (χ3n) is 4.72. The third-order valence-corrected chi connectivity index (χ3v) is 5.46. The Morgan fingerprint density at radius 1 is 1.26 bits per heavy atom. The highest BCUT2D eigenvalue weighted by molar-refractivity contribution is 6.42. The van der Waals surface area contributed by atoms with Crippen molar-refractivity contribution in [3.63, 3.8) is 0 Å². The molecule has 0 aromatic heterocycles. The topological polar surface area (TPSA) is 66.8 Å². The van der Waals surface area contributed by atoms with Gasteiger partial charge in [0, 0.05) is 6.54 Å². The van der Waals surface area contributed by atoms with Crippen molar-refractivity contribution in [3.8, 4) is 0 Å². The Labute approximate surface area is 144 Å². The maximum Gasteiger partial charge on any atom is 0.334 e. The quantitative estimate of drug-likeness (QED) is 0.902. The lowest BCUT2D eigenvalue weighted by atomic mass is 9.63. The number of carboxylic acids is 1. The van der Waals surface area contributed by atoms with Gasteiger partial charge in [0.15, 0.2) is 6.10 Å². The maximum absolute atomic E-state index is 13.1. The van der Waals surface area contributed by atoms with Crippen LogP contribution in [0.4, 0.5) is 0 Å². The zero-order valence-corrected chi connectivity index (χ0v) is 13.9. The minimum absolute atomic E-state index is 0.0447. The van der Waals surface area contributed by atoms with E-state index in [0.717, 1.165) is 24.8 Å². The molecule has 124 valence electrons. The number of benzene rings is 1. The number of hydrogen-bond donors (Lipinski definition) is 1. The van der Waals surface area contributed by atoms with Gasteiger partial charge in [-0.2, -0.15) is 0 Å². The fourth-order valence-corrected chi connectivity index (χ4v) is 3.53. The fraction of sp³-hybridized carbons (Fsp3) is 0.500. The molecule has 1 amide bonds. The first kappa shape index (κ1) is 16.6. The standard InChI is InChI=1S/C16H17Cl2NO4/c17-11-3-2-10(8-12(11)18)16(4-1-5-16)15(22)19-6-7-23-13(9-19)14(20)21/h2-3,8,13H,1,4-7,9H2,(H,20,21). The molecule has 1 aromatic carbocycles. The van der Waals surface area contributed by atoms with Gasteiger partial charge in [-0.25, -0.2) is 4.79 Å². The molecule has 1 saturated heterocycles. The smallest absolute Gasteiger partial charge is 0.334 e. The summed E-state index contributed by atoms with van der Waals surface area (Å²) in [5.74, 6) is -1.09. The van der Waals surface area contributed by atoms with Gasteiger partial charge in [0.25, 0.3) is 0 Å². The van der Waals surface area contributed by atoms with Gasteiger partial charge in [-0.3, -0.25) is 4.79 Å². The number of carboxylic acid groups (broad SMARTS) is 1. The highest BCUT2D eigenvalue weighted by Gasteiger charge is 2.48. The zero-order chi connectivity index (χ0) is 16.6. The molecule has 1 unspecified atom stereocenters. The predicted molar refractivity (Wildman–Crippen MR) is 85.9 cm³/mol. The zero-order valence-electron chi connectivity index (χ0n) is 12.4. The Morgan fingerprint density at radius 3 is 2.57 bits per heavy atom. The molecule has 1 aliphatic heterocycles. The van der Waals surface area contributed by atoms with Crippen molar-refractivity contribution in [2.24, 2.45) is 0 Å². The van der Waals surface area contributed by atoms with Crippen LogP contribution in [0.5, 0.6) is 0 Å². The second-order valence-corrected chi connectivity index (χ2v) is 6.83. The van der Waals surface area contributed by atoms with Gasteiger partial charge < -0.3 is 14.7 Å². The van der Waals surface area contributed by atoms with Crippen LogP contribution in [0.15, 0.2) is 18.2 Å². The Bertz CT molecular complexity index is 645. The molecular formula is C16H17Cl2NO4. The van der Waals surface area contributed by atoms with Crippen LogP contribution in [0.2, 0.25) is 10.0 Å². The van der Waals surface area contributed by atoms with Crippen molar-refractivity contribution < 1.29 is 19.4 Å². The minimum Gasteiger partial charge on any atom is -0.479 e. The molecule has 1 aliphatic carbocycles. The maximum atomic E-state index is 13.1. The second kappa shape index (κ2) is 6.30. The monoisotopic (exact) mass is 357 g/mol. The normalized spacial score (nSPS) is 23.2. The number of hydrogen-bond acceptors (Lipinski definition) is 3. The number of morpholine rings is 1. The summed E-state index contributed by atoms with van der Waals surface area (Å²) in [6, 6.07) is 5.28. The van der Waals surface area contributed by atoms with Gasteiger partial charge >= 0.3 is 5.97 Å². The number of amides is 1. The molecule has 7 heteroatoms. The van der Waals surface area contributed by atoms with Gasteiger partial charge in [-0.05, 0) is 30.5 Å². The van der Waals surface area contributed by atoms with Crippen LogP contribution in [-0.4, -0.2) is 47.7 Å². The van der Waals surface area contributed by atoms with E-state index in [1.54, 1.807) is 17.0 Å². The van der Waals surface area contributed by atoms with Crippen LogP contribution in [0, 0.1) is 0 Å². The van der Waals surface area contributed by atoms with Crippen molar-refractivity contribution in [1.29, 1.82) is 0 Å². The van der Waals surface area contributed by atoms with Gasteiger partial charge in [0.2, 0.25) is 5.91 Å². The highest BCUT2D eigenvalue weighted by Crippen LogP contribution is 2.46. The molecule has 3 rings (SSSR count). The molecule has 23 heavy (non-hydrogen) atoms. The first-order valence-electron chi connectivity index (χ1n) is 7.53. The Balaban J connectivity index is 1.86. The van der Waals surface area contributed by atoms with E-state index in [9.17, 15) is 9.59 Å². The SMILES string of the molecule is O=C(O)C1CN(C(=O)C2(c3ccc(Cl)c(Cl)c3)CCC2)CCO1. The van der Waals surface area contributed by atoms with Crippen LogP contribution in [0.3, 0.4) is 0 Å². The molecule has 5 nitrogen and oxygen atoms in total. The summed E-state index contributed by atoms with van der Waals surface area (Å²) >= 11 is 12.1. The average Bonchev–Trinajstić information content (AvgIpc) is 2.49.